The third-order valence-electron chi connectivity index (χ3n) is 2.69. The van der Waals surface area contributed by atoms with E-state index in [4.69, 9.17) is 5.73 Å². The van der Waals surface area contributed by atoms with Crippen LogP contribution in [0.3, 0.4) is 0 Å². The summed E-state index contributed by atoms with van der Waals surface area (Å²) in [5, 5.41) is 0. The minimum Gasteiger partial charge on any atom is -0.398 e. The van der Waals surface area contributed by atoms with Crippen molar-refractivity contribution in [1.29, 1.82) is 0 Å². The third kappa shape index (κ3) is 3.08. The fourth-order valence-electron chi connectivity index (χ4n) is 1.37. The lowest BCUT2D eigenvalue weighted by atomic mass is 10.1. The second-order valence-electron chi connectivity index (χ2n) is 4.10. The van der Waals surface area contributed by atoms with Gasteiger partial charge in [0, 0.05) is 11.7 Å². The van der Waals surface area contributed by atoms with Gasteiger partial charge in [0.05, 0.1) is 4.90 Å². The fourth-order valence-corrected chi connectivity index (χ4v) is 2.70. The molecule has 0 amide bonds. The van der Waals surface area contributed by atoms with Gasteiger partial charge in [-0.15, -0.1) is 6.58 Å². The molecule has 4 nitrogen and oxygen atoms in total. The van der Waals surface area contributed by atoms with Gasteiger partial charge >= 0.3 is 0 Å². The number of benzene rings is 1. The first-order valence-corrected chi connectivity index (χ1v) is 6.78. The second kappa shape index (κ2) is 4.89. The molecule has 1 aromatic carbocycles. The summed E-state index contributed by atoms with van der Waals surface area (Å²) in [6, 6.07) is 2.77. The highest BCUT2D eigenvalue weighted by molar-refractivity contribution is 7.89. The van der Waals surface area contributed by atoms with Crippen LogP contribution in [0.15, 0.2) is 29.7 Å². The van der Waals surface area contributed by atoms with E-state index >= 15 is 0 Å². The third-order valence-corrected chi connectivity index (χ3v) is 4.22. The van der Waals surface area contributed by atoms with Gasteiger partial charge < -0.3 is 5.73 Å². The number of nitrogens with one attached hydrogen (secondary N) is 1. The molecule has 94 valence electrons. The summed E-state index contributed by atoms with van der Waals surface area (Å²) in [4.78, 5) is 0.187. The normalized spacial score (nSPS) is 13.4. The maximum atomic E-state index is 12.0. The van der Waals surface area contributed by atoms with Crippen molar-refractivity contribution in [3.63, 3.8) is 0 Å². The van der Waals surface area contributed by atoms with Crippen molar-refractivity contribution in [2.75, 3.05) is 5.73 Å². The van der Waals surface area contributed by atoms with Crippen LogP contribution in [0, 0.1) is 13.8 Å². The molecule has 1 atom stereocenters. The van der Waals surface area contributed by atoms with Crippen LogP contribution >= 0.6 is 0 Å². The Morgan fingerprint density at radius 2 is 2.00 bits per heavy atom. The Hall–Kier alpha value is -1.33. The topological polar surface area (TPSA) is 72.2 Å². The summed E-state index contributed by atoms with van der Waals surface area (Å²) in [6.07, 6.45) is 1.53. The predicted molar refractivity (Wildman–Crippen MR) is 70.3 cm³/mol. The minimum atomic E-state index is -3.53. The average Bonchev–Trinajstić information content (AvgIpc) is 2.24. The Labute approximate surface area is 103 Å². The van der Waals surface area contributed by atoms with Gasteiger partial charge in [-0.05, 0) is 44.0 Å². The van der Waals surface area contributed by atoms with Crippen LogP contribution in [-0.2, 0) is 10.0 Å². The lowest BCUT2D eigenvalue weighted by molar-refractivity contribution is 0.576. The monoisotopic (exact) mass is 254 g/mol. The zero-order chi connectivity index (χ0) is 13.2. The average molecular weight is 254 g/mol. The van der Waals surface area contributed by atoms with E-state index in [1.807, 2.05) is 13.8 Å². The molecule has 1 unspecified atom stereocenters. The van der Waals surface area contributed by atoms with Gasteiger partial charge in [-0.2, -0.15) is 0 Å². The molecule has 0 spiro atoms. The van der Waals surface area contributed by atoms with Crippen molar-refractivity contribution in [2.24, 2.45) is 0 Å². The van der Waals surface area contributed by atoms with Gasteiger partial charge in [0.1, 0.15) is 0 Å². The molecule has 3 N–H and O–H groups in total. The molecule has 17 heavy (non-hydrogen) atoms. The van der Waals surface area contributed by atoms with Crippen LogP contribution in [-0.4, -0.2) is 14.5 Å². The first-order valence-electron chi connectivity index (χ1n) is 5.29. The standard InChI is InChI=1S/C12H18N2O2S/c1-5-9(3)14-17(15,16)11-6-8(2)10(4)12(13)7-11/h5-7,9,14H,1,13H2,2-4H3. The first-order chi connectivity index (χ1) is 7.77. The Morgan fingerprint density at radius 3 is 2.47 bits per heavy atom. The first kappa shape index (κ1) is 13.7. The molecular formula is C12H18N2O2S. The summed E-state index contributed by atoms with van der Waals surface area (Å²) in [5.74, 6) is 0. The number of rotatable bonds is 4. The molecule has 0 saturated heterocycles. The zero-order valence-electron chi connectivity index (χ0n) is 10.3. The van der Waals surface area contributed by atoms with E-state index in [0.717, 1.165) is 11.1 Å². The van der Waals surface area contributed by atoms with E-state index in [2.05, 4.69) is 11.3 Å². The van der Waals surface area contributed by atoms with Gasteiger partial charge in [0.15, 0.2) is 0 Å². The van der Waals surface area contributed by atoms with Gasteiger partial charge in [-0.1, -0.05) is 6.08 Å². The van der Waals surface area contributed by atoms with E-state index in [-0.39, 0.29) is 10.9 Å². The minimum absolute atomic E-state index is 0.187. The van der Waals surface area contributed by atoms with Crippen molar-refractivity contribution in [2.45, 2.75) is 31.7 Å². The van der Waals surface area contributed by atoms with Crippen LogP contribution in [0.25, 0.3) is 0 Å². The fraction of sp³-hybridized carbons (Fsp3) is 0.333. The SMILES string of the molecule is C=CC(C)NS(=O)(=O)c1cc(C)c(C)c(N)c1. The summed E-state index contributed by atoms with van der Waals surface area (Å²) in [6.45, 7) is 8.95. The van der Waals surface area contributed by atoms with Crippen molar-refractivity contribution < 1.29 is 8.42 Å². The smallest absolute Gasteiger partial charge is 0.241 e. The van der Waals surface area contributed by atoms with Crippen molar-refractivity contribution >= 4 is 15.7 Å². The van der Waals surface area contributed by atoms with Gasteiger partial charge in [-0.3, -0.25) is 0 Å². The zero-order valence-corrected chi connectivity index (χ0v) is 11.1. The quantitative estimate of drug-likeness (QED) is 0.635. The van der Waals surface area contributed by atoms with Crippen LogP contribution in [0.4, 0.5) is 5.69 Å². The highest BCUT2D eigenvalue weighted by Crippen LogP contribution is 2.21. The molecule has 0 aliphatic rings. The van der Waals surface area contributed by atoms with Crippen LogP contribution in [0.2, 0.25) is 0 Å². The molecule has 0 saturated carbocycles. The highest BCUT2D eigenvalue weighted by atomic mass is 32.2. The molecule has 5 heteroatoms. The molecule has 0 heterocycles. The Kier molecular flexibility index (Phi) is 3.95. The maximum Gasteiger partial charge on any atom is 0.241 e. The molecule has 0 aliphatic carbocycles. The second-order valence-corrected chi connectivity index (χ2v) is 5.81. The number of aryl methyl sites for hydroxylation is 1. The number of sulfonamides is 1. The van der Waals surface area contributed by atoms with E-state index in [1.165, 1.54) is 12.1 Å². The van der Waals surface area contributed by atoms with Crippen LogP contribution in [0.5, 0.6) is 0 Å². The van der Waals surface area contributed by atoms with Crippen molar-refractivity contribution in [3.05, 3.63) is 35.9 Å². The van der Waals surface area contributed by atoms with E-state index in [0.29, 0.717) is 5.69 Å². The lowest BCUT2D eigenvalue weighted by Crippen LogP contribution is -2.31. The maximum absolute atomic E-state index is 12.0. The highest BCUT2D eigenvalue weighted by Gasteiger charge is 2.17. The Balaban J connectivity index is 3.21. The van der Waals surface area contributed by atoms with Crippen molar-refractivity contribution in [3.8, 4) is 0 Å². The number of hydrogen-bond donors (Lipinski definition) is 2. The number of nitrogen functional groups attached to an aromatic ring is 1. The molecule has 0 aromatic heterocycles. The van der Waals surface area contributed by atoms with Crippen LogP contribution in [0.1, 0.15) is 18.1 Å². The molecular weight excluding hydrogens is 236 g/mol. The van der Waals surface area contributed by atoms with E-state index in [1.54, 1.807) is 13.0 Å². The molecule has 1 aromatic rings. The number of hydrogen-bond acceptors (Lipinski definition) is 3. The van der Waals surface area contributed by atoms with Crippen LogP contribution < -0.4 is 10.5 Å². The van der Waals surface area contributed by atoms with E-state index < -0.39 is 10.0 Å². The van der Waals surface area contributed by atoms with E-state index in [9.17, 15) is 8.42 Å². The largest absolute Gasteiger partial charge is 0.398 e. The molecule has 0 bridgehead atoms. The number of nitrogens with two attached hydrogens (primary N) is 1. The Morgan fingerprint density at radius 1 is 1.41 bits per heavy atom. The molecule has 0 radical (unpaired) electrons. The summed E-state index contributed by atoms with van der Waals surface area (Å²) < 4.78 is 26.5. The number of anilines is 1. The summed E-state index contributed by atoms with van der Waals surface area (Å²) in [7, 11) is -3.53. The summed E-state index contributed by atoms with van der Waals surface area (Å²) >= 11 is 0. The summed E-state index contributed by atoms with van der Waals surface area (Å²) in [5.41, 5.74) is 8.01. The Bertz CT molecular complexity index is 512. The molecule has 1 rings (SSSR count). The molecule has 0 fully saturated rings. The predicted octanol–water partition coefficient (Wildman–Crippen LogP) is 1.74. The van der Waals surface area contributed by atoms with Gasteiger partial charge in [0.2, 0.25) is 10.0 Å². The van der Waals surface area contributed by atoms with Crippen molar-refractivity contribution in [1.82, 2.24) is 4.72 Å². The van der Waals surface area contributed by atoms with Gasteiger partial charge in [-0.25, -0.2) is 13.1 Å². The lowest BCUT2D eigenvalue weighted by Gasteiger charge is -2.13. The molecule has 0 aliphatic heterocycles. The van der Waals surface area contributed by atoms with Gasteiger partial charge in [0.25, 0.3) is 0 Å².